The second-order valence-electron chi connectivity index (χ2n) is 10.7. The Morgan fingerprint density at radius 3 is 2.59 bits per heavy atom. The number of hydrogen-bond acceptors (Lipinski definition) is 5. The van der Waals surface area contributed by atoms with Crippen LogP contribution < -0.4 is 16.2 Å². The van der Waals surface area contributed by atoms with Gasteiger partial charge in [-0.15, -0.1) is 0 Å². The molecule has 1 aliphatic heterocycles. The number of nitriles is 1. The molecule has 5 rings (SSSR count). The van der Waals surface area contributed by atoms with Gasteiger partial charge >= 0.3 is 0 Å². The molecule has 0 saturated heterocycles. The zero-order valence-electron chi connectivity index (χ0n) is 21.8. The second-order valence-corrected chi connectivity index (χ2v) is 10.7. The number of benzene rings is 2. The van der Waals surface area contributed by atoms with Crippen molar-refractivity contribution in [1.29, 1.82) is 5.26 Å². The molecule has 190 valence electrons. The van der Waals surface area contributed by atoms with Crippen LogP contribution >= 0.6 is 0 Å². The van der Waals surface area contributed by atoms with Crippen LogP contribution in [0.2, 0.25) is 0 Å². The van der Waals surface area contributed by atoms with E-state index in [4.69, 9.17) is 10.8 Å². The van der Waals surface area contributed by atoms with Crippen molar-refractivity contribution in [2.24, 2.45) is 11.7 Å². The van der Waals surface area contributed by atoms with Gasteiger partial charge in [-0.05, 0) is 84.9 Å². The van der Waals surface area contributed by atoms with Crippen LogP contribution in [-0.4, -0.2) is 40.1 Å². The van der Waals surface area contributed by atoms with E-state index < -0.39 is 0 Å². The van der Waals surface area contributed by atoms with Crippen molar-refractivity contribution in [3.05, 3.63) is 69.7 Å². The highest BCUT2D eigenvalue weighted by atomic mass is 16.1. The summed E-state index contributed by atoms with van der Waals surface area (Å²) in [7, 11) is 2.07. The van der Waals surface area contributed by atoms with E-state index in [9.17, 15) is 10.1 Å². The van der Waals surface area contributed by atoms with Crippen molar-refractivity contribution in [3.63, 3.8) is 0 Å². The number of nitrogens with zero attached hydrogens (tertiary/aromatic N) is 4. The number of fused-ring (bicyclic) bond motifs is 1. The van der Waals surface area contributed by atoms with Crippen LogP contribution in [0.25, 0.3) is 29.2 Å². The highest BCUT2D eigenvalue weighted by Crippen LogP contribution is 2.28. The fourth-order valence-corrected chi connectivity index (χ4v) is 5.59. The molecule has 2 aliphatic rings. The van der Waals surface area contributed by atoms with Gasteiger partial charge in [-0.1, -0.05) is 31.1 Å². The van der Waals surface area contributed by atoms with Crippen LogP contribution in [0.1, 0.15) is 66.6 Å². The highest BCUT2D eigenvalue weighted by molar-refractivity contribution is 5.95. The molecule has 1 aromatic heterocycles. The van der Waals surface area contributed by atoms with Crippen LogP contribution in [0, 0.1) is 24.2 Å². The molecule has 0 unspecified atom stereocenters. The molecule has 0 atom stereocenters. The van der Waals surface area contributed by atoms with Gasteiger partial charge in [-0.2, -0.15) is 10.4 Å². The first-order valence-corrected chi connectivity index (χ1v) is 13.3. The Labute approximate surface area is 218 Å². The smallest absolute Gasteiger partial charge is 0.183 e. The monoisotopic (exact) mass is 493 g/mol. The Morgan fingerprint density at radius 1 is 1.08 bits per heavy atom. The van der Waals surface area contributed by atoms with Crippen LogP contribution in [-0.2, 0) is 0 Å². The Balaban J connectivity index is 1.52. The molecule has 6 heteroatoms. The minimum Gasteiger partial charge on any atom is -0.376 e. The van der Waals surface area contributed by atoms with E-state index in [1.165, 1.54) is 5.22 Å². The first-order valence-electron chi connectivity index (χ1n) is 13.3. The summed E-state index contributed by atoms with van der Waals surface area (Å²) in [6.07, 6.45) is 11.2. The molecule has 0 amide bonds. The molecule has 6 nitrogen and oxygen atoms in total. The average Bonchev–Trinajstić information content (AvgIpc) is 3.32. The summed E-state index contributed by atoms with van der Waals surface area (Å²) in [6, 6.07) is 16.6. The van der Waals surface area contributed by atoms with Crippen molar-refractivity contribution in [2.75, 3.05) is 13.6 Å². The zero-order valence-corrected chi connectivity index (χ0v) is 21.8. The molecule has 1 fully saturated rings. The number of hydrogen-bond donors (Lipinski definition) is 1. The molecular formula is C31H35N5O. The van der Waals surface area contributed by atoms with Gasteiger partial charge in [0.2, 0.25) is 0 Å². The van der Waals surface area contributed by atoms with Crippen LogP contribution in [0.5, 0.6) is 0 Å². The van der Waals surface area contributed by atoms with Gasteiger partial charge in [0.05, 0.1) is 23.0 Å². The Kier molecular flexibility index (Phi) is 7.25. The van der Waals surface area contributed by atoms with Crippen molar-refractivity contribution in [3.8, 4) is 23.0 Å². The summed E-state index contributed by atoms with van der Waals surface area (Å²) in [5.74, 6) is 0.480. The molecule has 3 aromatic rings. The fraction of sp³-hybridized carbons (Fsp3) is 0.387. The fourth-order valence-electron chi connectivity index (χ4n) is 5.59. The predicted molar refractivity (Wildman–Crippen MR) is 147 cm³/mol. The predicted octanol–water partition coefficient (Wildman–Crippen LogP) is 4.05. The molecule has 0 radical (unpaired) electrons. The molecule has 1 saturated carbocycles. The van der Waals surface area contributed by atoms with E-state index in [0.717, 1.165) is 72.8 Å². The lowest BCUT2D eigenvalue weighted by molar-refractivity contribution is 0.0947. The van der Waals surface area contributed by atoms with Gasteiger partial charge in [0.15, 0.2) is 5.78 Å². The molecule has 0 spiro atoms. The normalized spacial score (nSPS) is 19.6. The average molecular weight is 494 g/mol. The number of aryl methyl sites for hydroxylation is 1. The molecular weight excluding hydrogens is 458 g/mol. The lowest BCUT2D eigenvalue weighted by atomic mass is 9.86. The SMILES string of the molecule is Cc1cc(-n2nc(C(=O)CC3CCCC(N)CCC3)cc2-c2ccc3c(c2)=CN(C)CC=3)ccc1C#N. The van der Waals surface area contributed by atoms with E-state index in [1.54, 1.807) is 0 Å². The van der Waals surface area contributed by atoms with Gasteiger partial charge in [0.1, 0.15) is 5.69 Å². The Hall–Kier alpha value is -3.69. The summed E-state index contributed by atoms with van der Waals surface area (Å²) in [5.41, 5.74) is 10.9. The number of carbonyl (C=O) groups is 1. The number of rotatable bonds is 5. The largest absolute Gasteiger partial charge is 0.376 e. The molecule has 2 N–H and O–H groups in total. The number of Topliss-reactive ketones (excluding diaryl/α,β-unsaturated/α-hetero) is 1. The number of ketones is 1. The van der Waals surface area contributed by atoms with Crippen molar-refractivity contribution < 1.29 is 4.79 Å². The quantitative estimate of drug-likeness (QED) is 0.542. The minimum absolute atomic E-state index is 0.0952. The van der Waals surface area contributed by atoms with Gasteiger partial charge in [0, 0.05) is 37.8 Å². The number of carbonyl (C=O) groups excluding carboxylic acids is 1. The summed E-state index contributed by atoms with van der Waals surface area (Å²) in [4.78, 5) is 15.6. The van der Waals surface area contributed by atoms with Gasteiger partial charge in [0.25, 0.3) is 0 Å². The third kappa shape index (κ3) is 5.52. The van der Waals surface area contributed by atoms with E-state index >= 15 is 0 Å². The van der Waals surface area contributed by atoms with Gasteiger partial charge in [-0.3, -0.25) is 4.79 Å². The molecule has 2 aromatic carbocycles. The van der Waals surface area contributed by atoms with Crippen molar-refractivity contribution in [1.82, 2.24) is 14.7 Å². The minimum atomic E-state index is 0.0952. The first-order chi connectivity index (χ1) is 17.9. The summed E-state index contributed by atoms with van der Waals surface area (Å²) in [6.45, 7) is 2.82. The third-order valence-electron chi connectivity index (χ3n) is 7.76. The summed E-state index contributed by atoms with van der Waals surface area (Å²) < 4.78 is 1.86. The van der Waals surface area contributed by atoms with Gasteiger partial charge in [-0.25, -0.2) is 4.68 Å². The summed E-state index contributed by atoms with van der Waals surface area (Å²) in [5, 5.41) is 16.6. The van der Waals surface area contributed by atoms with Crippen molar-refractivity contribution >= 4 is 18.1 Å². The van der Waals surface area contributed by atoms with Crippen LogP contribution in [0.15, 0.2) is 42.5 Å². The van der Waals surface area contributed by atoms with E-state index in [0.29, 0.717) is 29.6 Å². The molecule has 1 aliphatic carbocycles. The lowest BCUT2D eigenvalue weighted by Crippen LogP contribution is -2.33. The maximum atomic E-state index is 13.5. The standard InChI is InChI=1S/C31H35N5O/c1-21-15-28(12-11-25(21)19-32)36-30(24-10-9-23-13-14-35(2)20-26(23)17-24)18-29(34-36)31(37)16-22-5-3-7-27(33)8-4-6-22/h9-13,15,17-18,20,22,27H,3-8,14,16,33H2,1-2H3. The molecule has 0 bridgehead atoms. The van der Waals surface area contributed by atoms with Crippen molar-refractivity contribution in [2.45, 2.75) is 57.9 Å². The lowest BCUT2D eigenvalue weighted by Gasteiger charge is -2.21. The van der Waals surface area contributed by atoms with E-state index in [2.05, 4.69) is 48.5 Å². The van der Waals surface area contributed by atoms with Crippen LogP contribution in [0.3, 0.4) is 0 Å². The zero-order chi connectivity index (χ0) is 25.9. The third-order valence-corrected chi connectivity index (χ3v) is 7.76. The van der Waals surface area contributed by atoms with E-state index in [1.807, 2.05) is 35.9 Å². The number of aromatic nitrogens is 2. The Bertz CT molecular complexity index is 1470. The topological polar surface area (TPSA) is 87.9 Å². The highest BCUT2D eigenvalue weighted by Gasteiger charge is 2.22. The van der Waals surface area contributed by atoms with E-state index in [-0.39, 0.29) is 5.78 Å². The van der Waals surface area contributed by atoms with Crippen LogP contribution in [0.4, 0.5) is 0 Å². The molecule has 2 heterocycles. The second kappa shape index (κ2) is 10.7. The maximum Gasteiger partial charge on any atom is 0.183 e. The van der Waals surface area contributed by atoms with Gasteiger partial charge < -0.3 is 10.6 Å². The summed E-state index contributed by atoms with van der Waals surface area (Å²) >= 11 is 0. The Morgan fingerprint density at radius 2 is 1.86 bits per heavy atom. The first kappa shape index (κ1) is 25.0. The maximum absolute atomic E-state index is 13.5. The molecule has 37 heavy (non-hydrogen) atoms. The number of nitrogens with two attached hydrogens (primary N) is 1.